The van der Waals surface area contributed by atoms with Crippen LogP contribution in [0.5, 0.6) is 5.75 Å². The number of nitrogens with one attached hydrogen (secondary N) is 1. The number of nitrogens with zero attached hydrogens (tertiary/aromatic N) is 3. The van der Waals surface area contributed by atoms with Crippen molar-refractivity contribution in [3.05, 3.63) is 82.0 Å². The van der Waals surface area contributed by atoms with E-state index < -0.39 is 5.82 Å². The van der Waals surface area contributed by atoms with Crippen LogP contribution in [0.25, 0.3) is 16.8 Å². The zero-order valence-corrected chi connectivity index (χ0v) is 19.9. The molecule has 1 atom stereocenters. The topological polar surface area (TPSA) is 68.5 Å². The molecule has 0 fully saturated rings. The predicted octanol–water partition coefficient (Wildman–Crippen LogP) is 5.87. The van der Waals surface area contributed by atoms with Crippen molar-refractivity contribution in [3.63, 3.8) is 0 Å². The smallest absolute Gasteiger partial charge is 0.255 e. The fraction of sp³-hybridized carbons (Fsp3) is 0.269. The first-order valence-electron chi connectivity index (χ1n) is 11.2. The number of aromatic nitrogens is 3. The Labute approximate surface area is 201 Å². The van der Waals surface area contributed by atoms with Crippen LogP contribution in [0.1, 0.15) is 59.5 Å². The third-order valence-electron chi connectivity index (χ3n) is 6.11. The lowest BCUT2D eigenvalue weighted by Crippen LogP contribution is -2.33. The van der Waals surface area contributed by atoms with E-state index in [-0.39, 0.29) is 17.9 Å². The van der Waals surface area contributed by atoms with E-state index >= 15 is 0 Å². The predicted molar refractivity (Wildman–Crippen MR) is 129 cm³/mol. The molecule has 0 saturated heterocycles. The third-order valence-corrected chi connectivity index (χ3v) is 6.34. The van der Waals surface area contributed by atoms with Gasteiger partial charge in [0.25, 0.3) is 5.91 Å². The summed E-state index contributed by atoms with van der Waals surface area (Å²) in [6.07, 6.45) is 2.23. The minimum Gasteiger partial charge on any atom is -0.493 e. The number of rotatable bonds is 4. The Bertz CT molecular complexity index is 1420. The Kier molecular flexibility index (Phi) is 5.73. The molecule has 1 amide bonds. The summed E-state index contributed by atoms with van der Waals surface area (Å²) < 4.78 is 22.1. The molecule has 2 aromatic heterocycles. The Morgan fingerprint density at radius 1 is 1.26 bits per heavy atom. The summed E-state index contributed by atoms with van der Waals surface area (Å²) in [4.78, 5) is 18.0. The summed E-state index contributed by atoms with van der Waals surface area (Å²) in [6.45, 7) is 6.31. The van der Waals surface area contributed by atoms with Crippen LogP contribution >= 0.6 is 11.6 Å². The molecule has 1 N–H and O–H groups in total. The molecule has 0 radical (unpaired) electrons. The second-order valence-corrected chi connectivity index (χ2v) is 9.17. The molecule has 0 aliphatic carbocycles. The van der Waals surface area contributed by atoms with E-state index in [2.05, 4.69) is 15.4 Å². The van der Waals surface area contributed by atoms with Gasteiger partial charge in [-0.3, -0.25) is 4.79 Å². The average Bonchev–Trinajstić information content (AvgIpc) is 3.15. The molecule has 6 nitrogen and oxygen atoms in total. The van der Waals surface area contributed by atoms with Crippen molar-refractivity contribution in [2.45, 2.75) is 39.2 Å². The van der Waals surface area contributed by atoms with Crippen LogP contribution in [-0.4, -0.2) is 27.1 Å². The Morgan fingerprint density at radius 3 is 2.85 bits per heavy atom. The second kappa shape index (κ2) is 8.72. The summed E-state index contributed by atoms with van der Waals surface area (Å²) in [7, 11) is 0. The zero-order valence-electron chi connectivity index (χ0n) is 19.1. The number of carbonyl (C=O) groups is 1. The molecule has 34 heavy (non-hydrogen) atoms. The van der Waals surface area contributed by atoms with Crippen molar-refractivity contribution >= 4 is 23.2 Å². The maximum atomic E-state index is 14.7. The van der Waals surface area contributed by atoms with Gasteiger partial charge in [0.15, 0.2) is 5.65 Å². The first-order chi connectivity index (χ1) is 16.3. The van der Waals surface area contributed by atoms with E-state index in [1.165, 1.54) is 12.1 Å². The number of ether oxygens (including phenoxy) is 1. The minimum absolute atomic E-state index is 0.0374. The first-order valence-corrected chi connectivity index (χ1v) is 11.6. The molecule has 5 rings (SSSR count). The van der Waals surface area contributed by atoms with Gasteiger partial charge in [-0.2, -0.15) is 5.10 Å². The largest absolute Gasteiger partial charge is 0.493 e. The number of hydrogen-bond donors (Lipinski definition) is 1. The van der Waals surface area contributed by atoms with Crippen molar-refractivity contribution in [3.8, 4) is 16.9 Å². The van der Waals surface area contributed by atoms with Crippen molar-refractivity contribution in [1.29, 1.82) is 0 Å². The molecule has 2 aromatic carbocycles. The zero-order chi connectivity index (χ0) is 24.0. The molecular formula is C26H24ClFN4O2. The lowest BCUT2D eigenvalue weighted by Gasteiger charge is -2.27. The van der Waals surface area contributed by atoms with Crippen molar-refractivity contribution in [2.24, 2.45) is 0 Å². The van der Waals surface area contributed by atoms with Crippen LogP contribution < -0.4 is 10.1 Å². The Hall–Kier alpha value is -3.45. The summed E-state index contributed by atoms with van der Waals surface area (Å²) in [5.41, 5.74) is 4.08. The molecule has 0 unspecified atom stereocenters. The summed E-state index contributed by atoms with van der Waals surface area (Å²) >= 11 is 6.14. The highest BCUT2D eigenvalue weighted by atomic mass is 35.5. The lowest BCUT2D eigenvalue weighted by atomic mass is 9.99. The van der Waals surface area contributed by atoms with Gasteiger partial charge in [-0.25, -0.2) is 13.9 Å². The molecule has 0 spiro atoms. The number of amides is 1. The van der Waals surface area contributed by atoms with Gasteiger partial charge in [-0.1, -0.05) is 43.6 Å². The quantitative estimate of drug-likeness (QED) is 0.398. The highest BCUT2D eigenvalue weighted by Crippen LogP contribution is 2.35. The molecule has 0 saturated carbocycles. The van der Waals surface area contributed by atoms with Gasteiger partial charge in [0.05, 0.1) is 35.2 Å². The van der Waals surface area contributed by atoms with Crippen molar-refractivity contribution < 1.29 is 13.9 Å². The highest BCUT2D eigenvalue weighted by molar-refractivity contribution is 6.30. The summed E-state index contributed by atoms with van der Waals surface area (Å²) in [6, 6.07) is 12.0. The van der Waals surface area contributed by atoms with Gasteiger partial charge >= 0.3 is 0 Å². The standard InChI is InChI=1S/C26H24ClFN4O2/c1-14(2)24-19(26(33)30-21-10-11-34-22-7-5-4-6-17(21)22)13-29-25-23(15(3)31-32(24)25)18-12-16(27)8-9-20(18)28/h4-9,12-14,21H,10-11H2,1-3H3,(H,30,33)/t21-/m0/s1. The van der Waals surface area contributed by atoms with Crippen molar-refractivity contribution in [2.75, 3.05) is 6.61 Å². The number of para-hydroxylation sites is 1. The van der Waals surface area contributed by atoms with E-state index in [4.69, 9.17) is 16.3 Å². The normalized spacial score (nSPS) is 15.3. The summed E-state index contributed by atoms with van der Waals surface area (Å²) in [5.74, 6) is 0.107. The number of benzene rings is 2. The van der Waals surface area contributed by atoms with Crippen LogP contribution in [-0.2, 0) is 0 Å². The van der Waals surface area contributed by atoms with Crippen molar-refractivity contribution in [1.82, 2.24) is 19.9 Å². The fourth-order valence-corrected chi connectivity index (χ4v) is 4.74. The number of hydrogen-bond acceptors (Lipinski definition) is 4. The van der Waals surface area contributed by atoms with E-state index in [1.54, 1.807) is 23.7 Å². The number of carbonyl (C=O) groups excluding carboxylic acids is 1. The fourth-order valence-electron chi connectivity index (χ4n) is 4.57. The molecule has 8 heteroatoms. The van der Waals surface area contributed by atoms with E-state index in [0.29, 0.717) is 51.8 Å². The SMILES string of the molecule is Cc1nn2c(C(C)C)c(C(=O)N[C@H]3CCOc4ccccc43)cnc2c1-c1cc(Cl)ccc1F. The van der Waals surface area contributed by atoms with E-state index in [1.807, 2.05) is 38.1 Å². The molecule has 1 aliphatic heterocycles. The van der Waals surface area contributed by atoms with Crippen LogP contribution in [0.4, 0.5) is 4.39 Å². The van der Waals surface area contributed by atoms with Gasteiger partial charge in [-0.05, 0) is 37.1 Å². The van der Waals surface area contributed by atoms with Gasteiger partial charge in [0.2, 0.25) is 0 Å². The average molecular weight is 479 g/mol. The molecule has 3 heterocycles. The van der Waals surface area contributed by atoms with E-state index in [0.717, 1.165) is 11.3 Å². The van der Waals surface area contributed by atoms with Crippen LogP contribution in [0, 0.1) is 12.7 Å². The molecular weight excluding hydrogens is 455 g/mol. The third kappa shape index (κ3) is 3.80. The van der Waals surface area contributed by atoms with Crippen LogP contribution in [0.15, 0.2) is 48.7 Å². The van der Waals surface area contributed by atoms with Crippen LogP contribution in [0.2, 0.25) is 5.02 Å². The van der Waals surface area contributed by atoms with Gasteiger partial charge in [0, 0.05) is 28.8 Å². The highest BCUT2D eigenvalue weighted by Gasteiger charge is 2.27. The van der Waals surface area contributed by atoms with Gasteiger partial charge < -0.3 is 10.1 Å². The van der Waals surface area contributed by atoms with Crippen LogP contribution in [0.3, 0.4) is 0 Å². The Balaban J connectivity index is 1.59. The number of aryl methyl sites for hydroxylation is 1. The first kappa shape index (κ1) is 22.3. The molecule has 174 valence electrons. The molecule has 4 aromatic rings. The maximum Gasteiger partial charge on any atom is 0.255 e. The Morgan fingerprint density at radius 2 is 2.06 bits per heavy atom. The molecule has 0 bridgehead atoms. The number of fused-ring (bicyclic) bond motifs is 2. The van der Waals surface area contributed by atoms with Gasteiger partial charge in [-0.15, -0.1) is 0 Å². The summed E-state index contributed by atoms with van der Waals surface area (Å²) in [5, 5.41) is 8.22. The lowest BCUT2D eigenvalue weighted by molar-refractivity contribution is 0.0922. The van der Waals surface area contributed by atoms with Gasteiger partial charge in [0.1, 0.15) is 11.6 Å². The van der Waals surface area contributed by atoms with E-state index in [9.17, 15) is 9.18 Å². The number of halogens is 2. The monoisotopic (exact) mass is 478 g/mol. The minimum atomic E-state index is -0.407. The maximum absolute atomic E-state index is 14.7. The second-order valence-electron chi connectivity index (χ2n) is 8.73. The molecule has 1 aliphatic rings.